The average molecular weight is 558 g/mol. The van der Waals surface area contributed by atoms with E-state index < -0.39 is 36.0 Å². The molecule has 10 nitrogen and oxygen atoms in total. The second-order valence-electron chi connectivity index (χ2n) is 9.39. The minimum Gasteiger partial charge on any atom is -0.494 e. The van der Waals surface area contributed by atoms with Crippen LogP contribution in [0.1, 0.15) is 39.2 Å². The molecule has 3 rings (SSSR count). The molecule has 1 fully saturated rings. The summed E-state index contributed by atoms with van der Waals surface area (Å²) in [5, 5.41) is 2.65. The molecule has 2 aromatic rings. The highest BCUT2D eigenvalue weighted by Gasteiger charge is 2.42. The van der Waals surface area contributed by atoms with Crippen LogP contribution >= 0.6 is 0 Å². The van der Waals surface area contributed by atoms with E-state index in [1.807, 2.05) is 0 Å². The van der Waals surface area contributed by atoms with Crippen molar-refractivity contribution >= 4 is 29.4 Å². The number of carbonyl (C=O) groups is 4. The Bertz CT molecular complexity index is 1170. The first-order valence-corrected chi connectivity index (χ1v) is 13.3. The van der Waals surface area contributed by atoms with Crippen LogP contribution in [0.2, 0.25) is 0 Å². The fourth-order valence-corrected chi connectivity index (χ4v) is 4.24. The van der Waals surface area contributed by atoms with Crippen molar-refractivity contribution in [3.05, 3.63) is 59.9 Å². The van der Waals surface area contributed by atoms with Crippen molar-refractivity contribution in [2.45, 2.75) is 52.4 Å². The maximum atomic E-state index is 14.2. The number of para-hydroxylation sites is 1. The van der Waals surface area contributed by atoms with Gasteiger partial charge in [0.05, 0.1) is 12.3 Å². The molecule has 1 saturated heterocycles. The lowest BCUT2D eigenvalue weighted by atomic mass is 10.1. The average Bonchev–Trinajstić information content (AvgIpc) is 2.94. The summed E-state index contributed by atoms with van der Waals surface area (Å²) in [6.45, 7) is 5.98. The number of anilines is 1. The number of carbonyl (C=O) groups excluding carboxylic acids is 4. The molecular formula is C29H36FN3O7. The molecule has 1 aliphatic heterocycles. The minimum atomic E-state index is -1.70. The zero-order valence-corrected chi connectivity index (χ0v) is 23.1. The van der Waals surface area contributed by atoms with Crippen LogP contribution in [0.15, 0.2) is 48.5 Å². The van der Waals surface area contributed by atoms with Crippen LogP contribution < -0.4 is 15.0 Å². The number of hydrogen-bond donors (Lipinski definition) is 1. The normalized spacial score (nSPS) is 14.6. The number of benzene rings is 2. The lowest BCUT2D eigenvalue weighted by Gasteiger charge is -2.38. The Hall–Kier alpha value is -4.15. The van der Waals surface area contributed by atoms with Gasteiger partial charge in [0.25, 0.3) is 11.8 Å². The Labute approximate surface area is 233 Å². The Morgan fingerprint density at radius 1 is 0.900 bits per heavy atom. The molecule has 0 saturated carbocycles. The number of halogens is 1. The fraction of sp³-hybridized carbons (Fsp3) is 0.448. The van der Waals surface area contributed by atoms with E-state index in [0.29, 0.717) is 31.1 Å². The molecule has 0 spiro atoms. The van der Waals surface area contributed by atoms with Gasteiger partial charge >= 0.3 is 11.9 Å². The lowest BCUT2D eigenvalue weighted by Crippen LogP contribution is -2.57. The highest BCUT2D eigenvalue weighted by atomic mass is 19.1. The number of unbranched alkanes of at least 4 members (excludes halogenated alkanes) is 1. The fourth-order valence-electron chi connectivity index (χ4n) is 4.24. The van der Waals surface area contributed by atoms with E-state index >= 15 is 0 Å². The van der Waals surface area contributed by atoms with Gasteiger partial charge in [-0.05, 0) is 36.2 Å². The summed E-state index contributed by atoms with van der Waals surface area (Å²) < 4.78 is 30.3. The first-order chi connectivity index (χ1) is 19.2. The monoisotopic (exact) mass is 557 g/mol. The second-order valence-corrected chi connectivity index (χ2v) is 9.39. The Morgan fingerprint density at radius 2 is 1.52 bits per heavy atom. The first kappa shape index (κ1) is 30.4. The summed E-state index contributed by atoms with van der Waals surface area (Å²) >= 11 is 0. The van der Waals surface area contributed by atoms with E-state index in [1.54, 1.807) is 47.4 Å². The third kappa shape index (κ3) is 8.69. The van der Waals surface area contributed by atoms with E-state index in [0.717, 1.165) is 32.3 Å². The smallest absolute Gasteiger partial charge is 0.303 e. The molecule has 0 unspecified atom stereocenters. The van der Waals surface area contributed by atoms with Gasteiger partial charge in [-0.25, -0.2) is 4.39 Å². The Balaban J connectivity index is 1.68. The Kier molecular flexibility index (Phi) is 11.3. The van der Waals surface area contributed by atoms with Gasteiger partial charge in [-0.1, -0.05) is 37.6 Å². The molecule has 216 valence electrons. The minimum absolute atomic E-state index is 0.0775. The summed E-state index contributed by atoms with van der Waals surface area (Å²) in [4.78, 5) is 53.6. The quantitative estimate of drug-likeness (QED) is 0.313. The summed E-state index contributed by atoms with van der Waals surface area (Å²) in [5.74, 6) is -2.77. The summed E-state index contributed by atoms with van der Waals surface area (Å²) in [5.41, 5.74) is 1.17. The van der Waals surface area contributed by atoms with Crippen molar-refractivity contribution in [3.63, 3.8) is 0 Å². The van der Waals surface area contributed by atoms with E-state index in [4.69, 9.17) is 14.2 Å². The van der Waals surface area contributed by atoms with Crippen LogP contribution in [0.3, 0.4) is 0 Å². The Morgan fingerprint density at radius 3 is 2.12 bits per heavy atom. The van der Waals surface area contributed by atoms with Gasteiger partial charge in [0.2, 0.25) is 12.2 Å². The summed E-state index contributed by atoms with van der Waals surface area (Å²) in [7, 11) is 0. The van der Waals surface area contributed by atoms with Crippen LogP contribution in [0, 0.1) is 5.82 Å². The van der Waals surface area contributed by atoms with Crippen LogP contribution in [0.4, 0.5) is 10.1 Å². The van der Waals surface area contributed by atoms with Crippen LogP contribution in [0.25, 0.3) is 0 Å². The molecular weight excluding hydrogens is 521 g/mol. The third-order valence-corrected chi connectivity index (χ3v) is 6.30. The van der Waals surface area contributed by atoms with Crippen LogP contribution in [-0.4, -0.2) is 73.6 Å². The van der Waals surface area contributed by atoms with E-state index in [2.05, 4.69) is 12.2 Å². The molecule has 0 aliphatic carbocycles. The first-order valence-electron chi connectivity index (χ1n) is 13.3. The van der Waals surface area contributed by atoms with Gasteiger partial charge < -0.3 is 29.3 Å². The van der Waals surface area contributed by atoms with Gasteiger partial charge in [0.1, 0.15) is 11.6 Å². The van der Waals surface area contributed by atoms with Gasteiger partial charge in [0, 0.05) is 46.6 Å². The zero-order valence-electron chi connectivity index (χ0n) is 23.1. The molecule has 2 amide bonds. The second kappa shape index (κ2) is 14.9. The van der Waals surface area contributed by atoms with Crippen molar-refractivity contribution < 1.29 is 37.8 Å². The molecule has 0 bridgehead atoms. The molecule has 40 heavy (non-hydrogen) atoms. The van der Waals surface area contributed by atoms with Crippen molar-refractivity contribution in [2.24, 2.45) is 0 Å². The number of rotatable bonds is 12. The van der Waals surface area contributed by atoms with Crippen molar-refractivity contribution in [2.75, 3.05) is 37.7 Å². The predicted molar refractivity (Wildman–Crippen MR) is 145 cm³/mol. The van der Waals surface area contributed by atoms with Crippen molar-refractivity contribution in [1.29, 1.82) is 0 Å². The highest BCUT2D eigenvalue weighted by Crippen LogP contribution is 2.21. The molecule has 0 aromatic heterocycles. The van der Waals surface area contributed by atoms with E-state index in [9.17, 15) is 23.6 Å². The maximum Gasteiger partial charge on any atom is 0.303 e. The van der Waals surface area contributed by atoms with E-state index in [-0.39, 0.29) is 25.5 Å². The SMILES string of the molecule is CCCCOc1ccc(CNC(=O)[C@H](OC(C)=O)[C@@H](OC(C)=O)C(=O)N2CCN(c3ccccc3F)CC2)cc1. The number of amides is 2. The van der Waals surface area contributed by atoms with Gasteiger partial charge in [0.15, 0.2) is 0 Å². The standard InChI is InChI=1S/C29H36FN3O7/c1-4-5-18-38-23-12-10-22(11-13-23)19-31-28(36)26(39-20(2)34)27(40-21(3)35)29(37)33-16-14-32(15-17-33)25-9-7-6-8-24(25)30/h6-13,26-27H,4-5,14-19H2,1-3H3,(H,31,36)/t26-,27-/m1/s1. The number of nitrogens with one attached hydrogen (secondary N) is 1. The largest absolute Gasteiger partial charge is 0.494 e. The molecule has 2 aromatic carbocycles. The molecule has 1 N–H and O–H groups in total. The summed E-state index contributed by atoms with van der Waals surface area (Å²) in [6.07, 6.45) is -1.42. The van der Waals surface area contributed by atoms with Crippen molar-refractivity contribution in [1.82, 2.24) is 10.2 Å². The molecule has 1 heterocycles. The number of esters is 2. The predicted octanol–water partition coefficient (Wildman–Crippen LogP) is 2.83. The van der Waals surface area contributed by atoms with Crippen molar-refractivity contribution in [3.8, 4) is 5.75 Å². The maximum absolute atomic E-state index is 14.2. The molecule has 2 atom stereocenters. The summed E-state index contributed by atoms with van der Waals surface area (Å²) in [6, 6.07) is 13.5. The van der Waals surface area contributed by atoms with Gasteiger partial charge in [-0.3, -0.25) is 19.2 Å². The zero-order chi connectivity index (χ0) is 29.1. The number of hydrogen-bond acceptors (Lipinski definition) is 8. The molecule has 11 heteroatoms. The van der Waals surface area contributed by atoms with Gasteiger partial charge in [-0.2, -0.15) is 0 Å². The van der Waals surface area contributed by atoms with E-state index in [1.165, 1.54) is 11.0 Å². The third-order valence-electron chi connectivity index (χ3n) is 6.30. The molecule has 1 aliphatic rings. The lowest BCUT2D eigenvalue weighted by molar-refractivity contribution is -0.178. The molecule has 0 radical (unpaired) electrons. The highest BCUT2D eigenvalue weighted by molar-refractivity contribution is 5.93. The van der Waals surface area contributed by atoms with Crippen LogP contribution in [0.5, 0.6) is 5.75 Å². The van der Waals surface area contributed by atoms with Gasteiger partial charge in [-0.15, -0.1) is 0 Å². The topological polar surface area (TPSA) is 114 Å². The number of piperazine rings is 1. The van der Waals surface area contributed by atoms with Crippen LogP contribution in [-0.2, 0) is 35.2 Å². The number of nitrogens with zero attached hydrogens (tertiary/aromatic N) is 2. The number of ether oxygens (including phenoxy) is 3.